The molecule has 0 saturated heterocycles. The maximum atomic E-state index is 11.6. The number of aromatic nitrogens is 3. The number of carbonyl (C=O) groups is 1. The maximum Gasteiger partial charge on any atom is 0.223 e. The third kappa shape index (κ3) is 2.49. The molecule has 0 spiro atoms. The van der Waals surface area contributed by atoms with Crippen LogP contribution in [0, 0.1) is 18.3 Å². The van der Waals surface area contributed by atoms with Crippen molar-refractivity contribution in [2.45, 2.75) is 13.8 Å². The highest BCUT2D eigenvalue weighted by molar-refractivity contribution is 6.33. The monoisotopic (exact) mass is 339 g/mol. The number of hydrogen-bond acceptors (Lipinski definition) is 4. The Hall–Kier alpha value is -2.91. The Morgan fingerprint density at radius 1 is 1.38 bits per heavy atom. The van der Waals surface area contributed by atoms with Crippen molar-refractivity contribution < 1.29 is 4.79 Å². The molecule has 0 saturated carbocycles. The minimum atomic E-state index is -0.115. The summed E-state index contributed by atoms with van der Waals surface area (Å²) in [6.45, 7) is 3.25. The molecule has 0 atom stereocenters. The molecule has 1 amide bonds. The molecule has 0 unspecified atom stereocenters. The van der Waals surface area contributed by atoms with Crippen molar-refractivity contribution in [3.05, 3.63) is 46.7 Å². The third-order valence-corrected chi connectivity index (χ3v) is 4.20. The van der Waals surface area contributed by atoms with Gasteiger partial charge in [-0.2, -0.15) is 10.4 Å². The van der Waals surface area contributed by atoms with Gasteiger partial charge in [-0.15, -0.1) is 0 Å². The number of aryl methyl sites for hydroxylation is 1. The van der Waals surface area contributed by atoms with Crippen LogP contribution in [0.1, 0.15) is 18.2 Å². The van der Waals surface area contributed by atoms with Crippen molar-refractivity contribution in [1.29, 1.82) is 5.26 Å². The van der Waals surface area contributed by atoms with Crippen molar-refractivity contribution in [1.82, 2.24) is 14.6 Å². The lowest BCUT2D eigenvalue weighted by atomic mass is 10.1. The van der Waals surface area contributed by atoms with Crippen LogP contribution in [0.4, 0.5) is 5.69 Å². The quantitative estimate of drug-likeness (QED) is 0.718. The van der Waals surface area contributed by atoms with Gasteiger partial charge in [-0.25, -0.2) is 9.50 Å². The Balaban J connectivity index is 2.24. The summed E-state index contributed by atoms with van der Waals surface area (Å²) in [5.41, 5.74) is 3.76. The first kappa shape index (κ1) is 16.0. The van der Waals surface area contributed by atoms with Crippen LogP contribution < -0.4 is 4.90 Å². The standard InChI is InChI=1S/C17H14ClN5O/c1-10-13(9-19)17-20-7-6-15(23(17)21-10)12-4-5-14(18)16(8-12)22(3)11(2)24/h4-8H,1-3H3. The molecular formula is C17H14ClN5O. The second kappa shape index (κ2) is 5.95. The van der Waals surface area contributed by atoms with Gasteiger partial charge < -0.3 is 4.90 Å². The van der Waals surface area contributed by atoms with Gasteiger partial charge in [0.1, 0.15) is 11.6 Å². The Morgan fingerprint density at radius 2 is 2.12 bits per heavy atom. The number of benzene rings is 1. The van der Waals surface area contributed by atoms with Gasteiger partial charge in [-0.3, -0.25) is 4.79 Å². The molecule has 0 bridgehead atoms. The predicted octanol–water partition coefficient (Wildman–Crippen LogP) is 3.21. The number of anilines is 1. The number of nitriles is 1. The highest BCUT2D eigenvalue weighted by atomic mass is 35.5. The second-order valence-corrected chi connectivity index (χ2v) is 5.79. The van der Waals surface area contributed by atoms with Crippen molar-refractivity contribution in [2.24, 2.45) is 0 Å². The number of nitrogens with zero attached hydrogens (tertiary/aromatic N) is 5. The summed E-state index contributed by atoms with van der Waals surface area (Å²) in [7, 11) is 1.67. The van der Waals surface area contributed by atoms with E-state index in [1.54, 1.807) is 36.8 Å². The fraction of sp³-hybridized carbons (Fsp3) is 0.176. The molecule has 24 heavy (non-hydrogen) atoms. The Labute approximate surface area is 143 Å². The average molecular weight is 340 g/mol. The number of carbonyl (C=O) groups excluding carboxylic acids is 1. The zero-order chi connectivity index (χ0) is 17.4. The zero-order valence-electron chi connectivity index (χ0n) is 13.4. The number of amides is 1. The molecule has 0 fully saturated rings. The van der Waals surface area contributed by atoms with E-state index in [-0.39, 0.29) is 5.91 Å². The summed E-state index contributed by atoms with van der Waals surface area (Å²) >= 11 is 6.22. The van der Waals surface area contributed by atoms with Gasteiger partial charge in [0, 0.05) is 25.7 Å². The summed E-state index contributed by atoms with van der Waals surface area (Å²) in [6.07, 6.45) is 1.63. The van der Waals surface area contributed by atoms with Crippen molar-refractivity contribution in [3.8, 4) is 17.3 Å². The Kier molecular flexibility index (Phi) is 3.96. The number of rotatable bonds is 2. The molecule has 0 aliphatic carbocycles. The summed E-state index contributed by atoms with van der Waals surface area (Å²) in [5, 5.41) is 14.2. The molecule has 3 rings (SSSR count). The Morgan fingerprint density at radius 3 is 2.79 bits per heavy atom. The molecule has 6 nitrogen and oxygen atoms in total. The minimum absolute atomic E-state index is 0.115. The third-order valence-electron chi connectivity index (χ3n) is 3.88. The van der Waals surface area contributed by atoms with E-state index in [1.807, 2.05) is 12.1 Å². The van der Waals surface area contributed by atoms with E-state index in [0.717, 1.165) is 11.3 Å². The fourth-order valence-electron chi connectivity index (χ4n) is 2.50. The highest BCUT2D eigenvalue weighted by Gasteiger charge is 2.16. The van der Waals surface area contributed by atoms with Gasteiger partial charge >= 0.3 is 0 Å². The lowest BCUT2D eigenvalue weighted by Gasteiger charge is -2.18. The fourth-order valence-corrected chi connectivity index (χ4v) is 2.74. The van der Waals surface area contributed by atoms with E-state index in [1.165, 1.54) is 11.8 Å². The van der Waals surface area contributed by atoms with E-state index in [4.69, 9.17) is 11.6 Å². The van der Waals surface area contributed by atoms with Gasteiger partial charge in [-0.1, -0.05) is 17.7 Å². The van der Waals surface area contributed by atoms with E-state index in [0.29, 0.717) is 27.6 Å². The lowest BCUT2D eigenvalue weighted by Crippen LogP contribution is -2.23. The topological polar surface area (TPSA) is 74.3 Å². The molecule has 0 N–H and O–H groups in total. The van der Waals surface area contributed by atoms with Gasteiger partial charge in [0.05, 0.1) is 22.1 Å². The van der Waals surface area contributed by atoms with Crippen LogP contribution in [0.25, 0.3) is 16.9 Å². The largest absolute Gasteiger partial charge is 0.314 e. The average Bonchev–Trinajstić information content (AvgIpc) is 2.89. The summed E-state index contributed by atoms with van der Waals surface area (Å²) in [5.74, 6) is -0.115. The normalized spacial score (nSPS) is 10.6. The van der Waals surface area contributed by atoms with Crippen LogP contribution in [0.5, 0.6) is 0 Å². The first-order chi connectivity index (χ1) is 11.4. The Bertz CT molecular complexity index is 1000. The molecule has 0 aliphatic heterocycles. The first-order valence-corrected chi connectivity index (χ1v) is 7.60. The van der Waals surface area contributed by atoms with E-state index in [9.17, 15) is 10.1 Å². The minimum Gasteiger partial charge on any atom is -0.314 e. The lowest BCUT2D eigenvalue weighted by molar-refractivity contribution is -0.116. The molecule has 3 aromatic rings. The van der Waals surface area contributed by atoms with Gasteiger partial charge in [0.15, 0.2) is 5.65 Å². The maximum absolute atomic E-state index is 11.6. The van der Waals surface area contributed by atoms with E-state index >= 15 is 0 Å². The molecular weight excluding hydrogens is 326 g/mol. The number of hydrogen-bond donors (Lipinski definition) is 0. The van der Waals surface area contributed by atoms with Crippen LogP contribution in [-0.4, -0.2) is 27.6 Å². The number of halogens is 1. The molecule has 7 heteroatoms. The molecule has 120 valence electrons. The van der Waals surface area contributed by atoms with Crippen LogP contribution in [0.15, 0.2) is 30.5 Å². The van der Waals surface area contributed by atoms with Crippen molar-refractivity contribution in [3.63, 3.8) is 0 Å². The van der Waals surface area contributed by atoms with Crippen LogP contribution >= 0.6 is 11.6 Å². The first-order valence-electron chi connectivity index (χ1n) is 7.22. The molecule has 0 radical (unpaired) electrons. The summed E-state index contributed by atoms with van der Waals surface area (Å²) in [6, 6.07) is 9.34. The summed E-state index contributed by atoms with van der Waals surface area (Å²) < 4.78 is 1.63. The zero-order valence-corrected chi connectivity index (χ0v) is 14.2. The van der Waals surface area contributed by atoms with E-state index in [2.05, 4.69) is 16.2 Å². The molecule has 2 heterocycles. The van der Waals surface area contributed by atoms with Gasteiger partial charge in [0.2, 0.25) is 5.91 Å². The van der Waals surface area contributed by atoms with E-state index < -0.39 is 0 Å². The second-order valence-electron chi connectivity index (χ2n) is 5.38. The summed E-state index contributed by atoms with van der Waals surface area (Å²) in [4.78, 5) is 17.4. The van der Waals surface area contributed by atoms with Crippen LogP contribution in [0.3, 0.4) is 0 Å². The van der Waals surface area contributed by atoms with Crippen LogP contribution in [0.2, 0.25) is 5.02 Å². The van der Waals surface area contributed by atoms with Gasteiger partial charge in [-0.05, 0) is 25.1 Å². The number of fused-ring (bicyclic) bond motifs is 1. The predicted molar refractivity (Wildman–Crippen MR) is 92.0 cm³/mol. The smallest absolute Gasteiger partial charge is 0.223 e. The van der Waals surface area contributed by atoms with Crippen LogP contribution in [-0.2, 0) is 4.79 Å². The highest BCUT2D eigenvalue weighted by Crippen LogP contribution is 2.31. The molecule has 0 aliphatic rings. The molecule has 2 aromatic heterocycles. The van der Waals surface area contributed by atoms with Crippen molar-refractivity contribution >= 4 is 28.8 Å². The SMILES string of the molecule is CC(=O)N(C)c1cc(-c2ccnc3c(C#N)c(C)nn23)ccc1Cl. The van der Waals surface area contributed by atoms with Gasteiger partial charge in [0.25, 0.3) is 0 Å². The van der Waals surface area contributed by atoms with Crippen molar-refractivity contribution in [2.75, 3.05) is 11.9 Å². The molecule has 1 aromatic carbocycles.